The minimum absolute atomic E-state index is 0.0983. The first-order chi connectivity index (χ1) is 8.61. The van der Waals surface area contributed by atoms with Crippen LogP contribution in [0.3, 0.4) is 0 Å². The van der Waals surface area contributed by atoms with Gasteiger partial charge in [0.05, 0.1) is 6.61 Å². The van der Waals surface area contributed by atoms with Gasteiger partial charge in [0.15, 0.2) is 0 Å². The van der Waals surface area contributed by atoms with Crippen molar-refractivity contribution in [2.75, 3.05) is 26.3 Å². The number of ether oxygens (including phenoxy) is 1. The molecule has 0 heterocycles. The first-order valence-corrected chi connectivity index (χ1v) is 7.16. The Hall–Kier alpha value is -0.610. The van der Waals surface area contributed by atoms with Crippen LogP contribution in [-0.4, -0.2) is 32.2 Å². The van der Waals surface area contributed by atoms with Crippen LogP contribution in [0.1, 0.15) is 39.5 Å². The maximum atomic E-state index is 11.7. The van der Waals surface area contributed by atoms with Crippen molar-refractivity contribution in [3.63, 3.8) is 0 Å². The van der Waals surface area contributed by atoms with E-state index in [1.54, 1.807) is 0 Å². The van der Waals surface area contributed by atoms with Crippen molar-refractivity contribution in [1.29, 1.82) is 0 Å². The van der Waals surface area contributed by atoms with Gasteiger partial charge in [0.1, 0.15) is 0 Å². The van der Waals surface area contributed by atoms with Gasteiger partial charge in [-0.3, -0.25) is 4.79 Å². The van der Waals surface area contributed by atoms with Gasteiger partial charge in [-0.05, 0) is 43.6 Å². The summed E-state index contributed by atoms with van der Waals surface area (Å²) >= 11 is 0. The lowest BCUT2D eigenvalue weighted by Crippen LogP contribution is -2.31. The third kappa shape index (κ3) is 7.67. The molecule has 0 aliphatic heterocycles. The Bertz CT molecular complexity index is 240. The molecule has 0 spiro atoms. The van der Waals surface area contributed by atoms with Gasteiger partial charge < -0.3 is 15.8 Å². The van der Waals surface area contributed by atoms with Crippen molar-refractivity contribution < 1.29 is 9.53 Å². The fourth-order valence-electron chi connectivity index (χ4n) is 2.06. The molecule has 1 aliphatic rings. The number of nitrogens with one attached hydrogen (secondary N) is 1. The largest absolute Gasteiger partial charge is 0.379 e. The average Bonchev–Trinajstić information content (AvgIpc) is 3.11. The molecule has 4 nitrogen and oxygen atoms in total. The van der Waals surface area contributed by atoms with E-state index >= 15 is 0 Å². The fourth-order valence-corrected chi connectivity index (χ4v) is 2.06. The second-order valence-electron chi connectivity index (χ2n) is 5.80. The number of hydrogen-bond acceptors (Lipinski definition) is 3. The summed E-state index contributed by atoms with van der Waals surface area (Å²) in [4.78, 5) is 11.7. The van der Waals surface area contributed by atoms with Crippen LogP contribution >= 0.6 is 0 Å². The van der Waals surface area contributed by atoms with Crippen molar-refractivity contribution in [2.24, 2.45) is 23.5 Å². The second-order valence-corrected chi connectivity index (χ2v) is 5.80. The van der Waals surface area contributed by atoms with Crippen LogP contribution < -0.4 is 11.1 Å². The summed E-state index contributed by atoms with van der Waals surface area (Å²) in [5, 5.41) is 2.90. The van der Waals surface area contributed by atoms with E-state index in [9.17, 15) is 4.79 Å². The highest BCUT2D eigenvalue weighted by atomic mass is 16.5. The molecule has 0 saturated heterocycles. The normalized spacial score (nSPS) is 16.9. The third-order valence-corrected chi connectivity index (χ3v) is 3.23. The van der Waals surface area contributed by atoms with Crippen LogP contribution in [0.4, 0.5) is 0 Å². The Balaban J connectivity index is 1.99. The fraction of sp³-hybridized carbons (Fsp3) is 0.929. The minimum Gasteiger partial charge on any atom is -0.379 e. The summed E-state index contributed by atoms with van der Waals surface area (Å²) in [6.45, 7) is 7.00. The van der Waals surface area contributed by atoms with E-state index in [-0.39, 0.29) is 5.91 Å². The zero-order valence-corrected chi connectivity index (χ0v) is 11.8. The average molecular weight is 256 g/mol. The molecular formula is C14H28N2O2. The van der Waals surface area contributed by atoms with Crippen LogP contribution in [0.2, 0.25) is 0 Å². The van der Waals surface area contributed by atoms with E-state index in [0.29, 0.717) is 38.0 Å². The van der Waals surface area contributed by atoms with E-state index in [2.05, 4.69) is 19.2 Å². The minimum atomic E-state index is 0.0983. The van der Waals surface area contributed by atoms with Gasteiger partial charge in [-0.1, -0.05) is 13.8 Å². The molecule has 1 aliphatic carbocycles. The van der Waals surface area contributed by atoms with Crippen molar-refractivity contribution in [2.45, 2.75) is 39.5 Å². The molecule has 106 valence electrons. The SMILES string of the molecule is CC(C)C[C@H](CN)CC(=O)NCCOCC1CC1. The summed E-state index contributed by atoms with van der Waals surface area (Å²) in [7, 11) is 0. The summed E-state index contributed by atoms with van der Waals surface area (Å²) in [5.74, 6) is 1.78. The molecule has 18 heavy (non-hydrogen) atoms. The summed E-state index contributed by atoms with van der Waals surface area (Å²) in [6, 6.07) is 0. The molecule has 4 heteroatoms. The highest BCUT2D eigenvalue weighted by Crippen LogP contribution is 2.28. The van der Waals surface area contributed by atoms with E-state index in [4.69, 9.17) is 10.5 Å². The number of hydrogen-bond donors (Lipinski definition) is 2. The molecule has 1 atom stereocenters. The standard InChI is InChI=1S/C14H28N2O2/c1-11(2)7-13(9-15)8-14(17)16-5-6-18-10-12-3-4-12/h11-13H,3-10,15H2,1-2H3,(H,16,17)/t13-/m0/s1. The maximum Gasteiger partial charge on any atom is 0.220 e. The lowest BCUT2D eigenvalue weighted by Gasteiger charge is -2.16. The van der Waals surface area contributed by atoms with Gasteiger partial charge >= 0.3 is 0 Å². The number of amides is 1. The van der Waals surface area contributed by atoms with E-state index in [0.717, 1.165) is 18.9 Å². The number of rotatable bonds is 10. The Kier molecular flexibility index (Phi) is 7.28. The first-order valence-electron chi connectivity index (χ1n) is 7.16. The summed E-state index contributed by atoms with van der Waals surface area (Å²) < 4.78 is 5.46. The van der Waals surface area contributed by atoms with Crippen molar-refractivity contribution in [1.82, 2.24) is 5.32 Å². The van der Waals surface area contributed by atoms with Gasteiger partial charge in [0.2, 0.25) is 5.91 Å². The van der Waals surface area contributed by atoms with E-state index in [1.165, 1.54) is 12.8 Å². The highest BCUT2D eigenvalue weighted by Gasteiger charge is 2.21. The molecule has 0 aromatic carbocycles. The van der Waals surface area contributed by atoms with Crippen LogP contribution in [0, 0.1) is 17.8 Å². The van der Waals surface area contributed by atoms with Gasteiger partial charge in [0, 0.05) is 19.6 Å². The number of carbonyl (C=O) groups excluding carboxylic acids is 1. The zero-order valence-electron chi connectivity index (χ0n) is 11.8. The van der Waals surface area contributed by atoms with Gasteiger partial charge in [0.25, 0.3) is 0 Å². The Morgan fingerprint density at radius 2 is 2.17 bits per heavy atom. The Morgan fingerprint density at radius 1 is 1.44 bits per heavy atom. The Labute approximate surface area is 111 Å². The van der Waals surface area contributed by atoms with Crippen LogP contribution in [0.15, 0.2) is 0 Å². The second kappa shape index (κ2) is 8.48. The topological polar surface area (TPSA) is 64.4 Å². The predicted molar refractivity (Wildman–Crippen MR) is 73.2 cm³/mol. The molecule has 0 radical (unpaired) electrons. The van der Waals surface area contributed by atoms with E-state index < -0.39 is 0 Å². The molecule has 1 saturated carbocycles. The monoisotopic (exact) mass is 256 g/mol. The molecule has 0 aromatic heterocycles. The highest BCUT2D eigenvalue weighted by molar-refractivity contribution is 5.76. The zero-order chi connectivity index (χ0) is 13.4. The molecule has 1 amide bonds. The van der Waals surface area contributed by atoms with Crippen molar-refractivity contribution in [3.8, 4) is 0 Å². The first kappa shape index (κ1) is 15.4. The molecule has 0 unspecified atom stereocenters. The summed E-state index contributed by atoms with van der Waals surface area (Å²) in [5.41, 5.74) is 5.68. The Morgan fingerprint density at radius 3 is 2.72 bits per heavy atom. The summed E-state index contributed by atoms with van der Waals surface area (Å²) in [6.07, 6.45) is 4.17. The maximum absolute atomic E-state index is 11.7. The van der Waals surface area contributed by atoms with Crippen LogP contribution in [-0.2, 0) is 9.53 Å². The molecule has 0 aromatic rings. The van der Waals surface area contributed by atoms with Crippen molar-refractivity contribution in [3.05, 3.63) is 0 Å². The smallest absolute Gasteiger partial charge is 0.220 e. The van der Waals surface area contributed by atoms with Crippen molar-refractivity contribution >= 4 is 5.91 Å². The third-order valence-electron chi connectivity index (χ3n) is 3.23. The lowest BCUT2D eigenvalue weighted by atomic mass is 9.94. The van der Waals surface area contributed by atoms with E-state index in [1.807, 2.05) is 0 Å². The molecule has 1 rings (SSSR count). The number of carbonyl (C=O) groups is 1. The van der Waals surface area contributed by atoms with Gasteiger partial charge in [-0.25, -0.2) is 0 Å². The predicted octanol–water partition coefficient (Wildman–Crippen LogP) is 1.54. The van der Waals surface area contributed by atoms with Gasteiger partial charge in [-0.15, -0.1) is 0 Å². The molecule has 1 fully saturated rings. The lowest BCUT2D eigenvalue weighted by molar-refractivity contribution is -0.122. The van der Waals surface area contributed by atoms with Gasteiger partial charge in [-0.2, -0.15) is 0 Å². The molecule has 3 N–H and O–H groups in total. The molecule has 0 bridgehead atoms. The molecular weight excluding hydrogens is 228 g/mol. The van der Waals surface area contributed by atoms with Crippen LogP contribution in [0.25, 0.3) is 0 Å². The van der Waals surface area contributed by atoms with Crippen LogP contribution in [0.5, 0.6) is 0 Å². The number of nitrogens with two attached hydrogens (primary N) is 1. The quantitative estimate of drug-likeness (QED) is 0.583.